The molecule has 7 heteroatoms. The first-order valence-electron chi connectivity index (χ1n) is 9.17. The van der Waals surface area contributed by atoms with Gasteiger partial charge in [-0.25, -0.2) is 9.97 Å². The molecule has 1 aliphatic heterocycles. The Bertz CT molecular complexity index is 920. The maximum absolute atomic E-state index is 12.9. The second-order valence-corrected chi connectivity index (χ2v) is 7.77. The Morgan fingerprint density at radius 2 is 1.85 bits per heavy atom. The van der Waals surface area contributed by atoms with Crippen LogP contribution in [0.5, 0.6) is 0 Å². The highest BCUT2D eigenvalue weighted by Gasteiger charge is 2.29. The Balaban J connectivity index is 1.41. The van der Waals surface area contributed by atoms with Gasteiger partial charge in [0.25, 0.3) is 0 Å². The van der Waals surface area contributed by atoms with Gasteiger partial charge in [-0.3, -0.25) is 4.79 Å². The van der Waals surface area contributed by atoms with Crippen molar-refractivity contribution in [1.29, 1.82) is 0 Å². The molecule has 3 heterocycles. The number of benzene rings is 1. The molecule has 140 valence electrons. The minimum atomic E-state index is -0.288. The quantitative estimate of drug-likeness (QED) is 0.752. The van der Waals surface area contributed by atoms with Gasteiger partial charge in [0.15, 0.2) is 0 Å². The number of nitrogens with two attached hydrogens (primary N) is 1. The molecule has 1 fully saturated rings. The normalized spacial score (nSPS) is 17.1. The second kappa shape index (κ2) is 7.62. The first kappa shape index (κ1) is 17.9. The molecule has 3 aromatic rings. The molecule has 27 heavy (non-hydrogen) atoms. The van der Waals surface area contributed by atoms with E-state index in [0.717, 1.165) is 34.7 Å². The van der Waals surface area contributed by atoms with Gasteiger partial charge in [-0.15, -0.1) is 11.3 Å². The Kier molecular flexibility index (Phi) is 5.05. The number of amides is 1. The zero-order chi connectivity index (χ0) is 18.8. The molecule has 1 aliphatic rings. The van der Waals surface area contributed by atoms with E-state index >= 15 is 0 Å². The van der Waals surface area contributed by atoms with Crippen molar-refractivity contribution in [3.8, 4) is 0 Å². The molecule has 0 spiro atoms. The molecular formula is C20H23N5OS. The Labute approximate surface area is 162 Å². The fourth-order valence-corrected chi connectivity index (χ4v) is 4.30. The summed E-state index contributed by atoms with van der Waals surface area (Å²) < 4.78 is 0. The minimum absolute atomic E-state index is 0.120. The zero-order valence-corrected chi connectivity index (χ0v) is 16.1. The standard InChI is InChI=1S/C20H23N5OS/c1-14(17(21)15-5-3-2-4-6-15)20(26)25-10-8-24(9-11-25)18-16-7-12-27-19(16)23-13-22-18/h2-7,12-14,17H,8-11,21H2,1H3. The van der Waals surface area contributed by atoms with Gasteiger partial charge in [-0.2, -0.15) is 0 Å². The van der Waals surface area contributed by atoms with E-state index in [9.17, 15) is 4.79 Å². The fraction of sp³-hybridized carbons (Fsp3) is 0.350. The van der Waals surface area contributed by atoms with Crippen LogP contribution in [0.25, 0.3) is 10.2 Å². The predicted octanol–water partition coefficient (Wildman–Crippen LogP) is 2.68. The van der Waals surface area contributed by atoms with Crippen molar-refractivity contribution in [2.75, 3.05) is 31.1 Å². The largest absolute Gasteiger partial charge is 0.352 e. The van der Waals surface area contributed by atoms with Gasteiger partial charge in [0.05, 0.1) is 11.3 Å². The van der Waals surface area contributed by atoms with E-state index < -0.39 is 0 Å². The number of piperazine rings is 1. The molecule has 1 saturated heterocycles. The highest BCUT2D eigenvalue weighted by molar-refractivity contribution is 7.16. The summed E-state index contributed by atoms with van der Waals surface area (Å²) in [5, 5.41) is 3.12. The van der Waals surface area contributed by atoms with Gasteiger partial charge >= 0.3 is 0 Å². The van der Waals surface area contributed by atoms with Crippen molar-refractivity contribution in [3.05, 3.63) is 53.7 Å². The average Bonchev–Trinajstić information content (AvgIpc) is 3.22. The summed E-state index contributed by atoms with van der Waals surface area (Å²) in [7, 11) is 0. The molecule has 2 N–H and O–H groups in total. The average molecular weight is 382 g/mol. The lowest BCUT2D eigenvalue weighted by molar-refractivity contribution is -0.136. The smallest absolute Gasteiger partial charge is 0.227 e. The number of aromatic nitrogens is 2. The molecule has 0 aliphatic carbocycles. The van der Waals surface area contributed by atoms with Gasteiger partial charge in [0, 0.05) is 32.2 Å². The summed E-state index contributed by atoms with van der Waals surface area (Å²) in [6.07, 6.45) is 1.62. The molecule has 2 aromatic heterocycles. The van der Waals surface area contributed by atoms with Crippen molar-refractivity contribution in [2.45, 2.75) is 13.0 Å². The van der Waals surface area contributed by atoms with E-state index in [1.54, 1.807) is 17.7 Å². The summed E-state index contributed by atoms with van der Waals surface area (Å²) in [4.78, 5) is 26.9. The lowest BCUT2D eigenvalue weighted by Crippen LogP contribution is -2.51. The number of fused-ring (bicyclic) bond motifs is 1. The van der Waals surface area contributed by atoms with Crippen LogP contribution in [0.4, 0.5) is 5.82 Å². The van der Waals surface area contributed by atoms with Crippen molar-refractivity contribution in [3.63, 3.8) is 0 Å². The molecule has 0 saturated carbocycles. The van der Waals surface area contributed by atoms with Gasteiger partial charge in [-0.1, -0.05) is 37.3 Å². The molecule has 6 nitrogen and oxygen atoms in total. The minimum Gasteiger partial charge on any atom is -0.352 e. The van der Waals surface area contributed by atoms with Gasteiger partial charge in [0.1, 0.15) is 17.0 Å². The third-order valence-corrected chi connectivity index (χ3v) is 6.07. The number of carbonyl (C=O) groups excluding carboxylic acids is 1. The van der Waals surface area contributed by atoms with Crippen LogP contribution in [-0.2, 0) is 4.79 Å². The molecule has 2 unspecified atom stereocenters. The van der Waals surface area contributed by atoms with E-state index in [0.29, 0.717) is 13.1 Å². The van der Waals surface area contributed by atoms with E-state index in [-0.39, 0.29) is 17.9 Å². The summed E-state index contributed by atoms with van der Waals surface area (Å²) in [5.41, 5.74) is 7.34. The summed E-state index contributed by atoms with van der Waals surface area (Å²) in [6, 6.07) is 11.6. The summed E-state index contributed by atoms with van der Waals surface area (Å²) in [6.45, 7) is 4.81. The molecule has 1 amide bonds. The van der Waals surface area contributed by atoms with Crippen LogP contribution in [-0.4, -0.2) is 47.0 Å². The highest BCUT2D eigenvalue weighted by atomic mass is 32.1. The Morgan fingerprint density at radius 3 is 2.59 bits per heavy atom. The first-order chi connectivity index (χ1) is 13.1. The Hall–Kier alpha value is -2.51. The van der Waals surface area contributed by atoms with Gasteiger partial charge < -0.3 is 15.5 Å². The van der Waals surface area contributed by atoms with Gasteiger partial charge in [-0.05, 0) is 17.0 Å². The predicted molar refractivity (Wildman–Crippen MR) is 109 cm³/mol. The molecule has 2 atom stereocenters. The van der Waals surface area contributed by atoms with E-state index in [1.165, 1.54) is 0 Å². The zero-order valence-electron chi connectivity index (χ0n) is 15.3. The highest BCUT2D eigenvalue weighted by Crippen LogP contribution is 2.28. The van der Waals surface area contributed by atoms with Crippen LogP contribution in [0.2, 0.25) is 0 Å². The van der Waals surface area contributed by atoms with Crippen LogP contribution >= 0.6 is 11.3 Å². The molecule has 0 bridgehead atoms. The Morgan fingerprint density at radius 1 is 1.11 bits per heavy atom. The van der Waals surface area contributed by atoms with Crippen molar-refractivity contribution in [1.82, 2.24) is 14.9 Å². The third-order valence-electron chi connectivity index (χ3n) is 5.24. The molecular weight excluding hydrogens is 358 g/mol. The topological polar surface area (TPSA) is 75.4 Å². The number of carbonyl (C=O) groups is 1. The monoisotopic (exact) mass is 381 g/mol. The van der Waals surface area contributed by atoms with Crippen molar-refractivity contribution >= 4 is 33.3 Å². The number of nitrogens with zero attached hydrogens (tertiary/aromatic N) is 4. The van der Waals surface area contributed by atoms with Crippen LogP contribution in [0.3, 0.4) is 0 Å². The fourth-order valence-electron chi connectivity index (χ4n) is 3.57. The summed E-state index contributed by atoms with van der Waals surface area (Å²) >= 11 is 1.62. The number of rotatable bonds is 4. The lowest BCUT2D eigenvalue weighted by atomic mass is 9.94. The van der Waals surface area contributed by atoms with Gasteiger partial charge in [0.2, 0.25) is 5.91 Å². The molecule has 4 rings (SSSR count). The SMILES string of the molecule is CC(C(=O)N1CCN(c2ncnc3sccc23)CC1)C(N)c1ccccc1. The van der Waals surface area contributed by atoms with Crippen molar-refractivity contribution < 1.29 is 4.79 Å². The number of hydrogen-bond acceptors (Lipinski definition) is 6. The second-order valence-electron chi connectivity index (χ2n) is 6.87. The molecule has 1 aromatic carbocycles. The van der Waals surface area contributed by atoms with Crippen molar-refractivity contribution in [2.24, 2.45) is 11.7 Å². The maximum Gasteiger partial charge on any atom is 0.227 e. The van der Waals surface area contributed by atoms with Crippen LogP contribution < -0.4 is 10.6 Å². The first-order valence-corrected chi connectivity index (χ1v) is 10.1. The number of thiophene rings is 1. The maximum atomic E-state index is 12.9. The number of anilines is 1. The third kappa shape index (κ3) is 3.52. The number of hydrogen-bond donors (Lipinski definition) is 1. The van der Waals surface area contributed by atoms with Crippen LogP contribution in [0, 0.1) is 5.92 Å². The van der Waals surface area contributed by atoms with E-state index in [1.807, 2.05) is 47.5 Å². The van der Waals surface area contributed by atoms with E-state index in [2.05, 4.69) is 20.9 Å². The van der Waals surface area contributed by atoms with E-state index in [4.69, 9.17) is 5.73 Å². The lowest BCUT2D eigenvalue weighted by Gasteiger charge is -2.37. The van der Waals surface area contributed by atoms with Crippen LogP contribution in [0.15, 0.2) is 48.1 Å². The summed E-state index contributed by atoms with van der Waals surface area (Å²) in [5.74, 6) is 0.832. The van der Waals surface area contributed by atoms with Crippen LogP contribution in [0.1, 0.15) is 18.5 Å². The molecule has 0 radical (unpaired) electrons.